The average molecular weight is 255 g/mol. The van der Waals surface area contributed by atoms with Crippen LogP contribution in [0.3, 0.4) is 0 Å². The molecule has 0 aromatic carbocycles. The topological polar surface area (TPSA) is 67.8 Å². The highest BCUT2D eigenvalue weighted by Gasteiger charge is 2.23. The molecule has 2 rings (SSSR count). The van der Waals surface area contributed by atoms with E-state index >= 15 is 0 Å². The van der Waals surface area contributed by atoms with Crippen LogP contribution in [0, 0.1) is 5.92 Å². The van der Waals surface area contributed by atoms with Crippen molar-refractivity contribution < 1.29 is 0 Å². The average Bonchev–Trinajstić information content (AvgIpc) is 2.28. The van der Waals surface area contributed by atoms with E-state index in [1.165, 1.54) is 22.7 Å². The van der Waals surface area contributed by atoms with Crippen molar-refractivity contribution in [1.82, 2.24) is 14.5 Å². The Morgan fingerprint density at radius 3 is 2.76 bits per heavy atom. The lowest BCUT2D eigenvalue weighted by molar-refractivity contribution is 0.267. The Labute approximate surface area is 104 Å². The van der Waals surface area contributed by atoms with E-state index in [1.807, 2.05) is 0 Å². The summed E-state index contributed by atoms with van der Waals surface area (Å²) in [5.74, 6) is 0.570. The van der Waals surface area contributed by atoms with Crippen LogP contribution in [0.1, 0.15) is 38.6 Å². The number of aromatic amines is 1. The monoisotopic (exact) mass is 255 g/mol. The summed E-state index contributed by atoms with van der Waals surface area (Å²) in [6, 6.07) is 0.0124. The van der Waals surface area contributed by atoms with Gasteiger partial charge in [-0.2, -0.15) is 4.98 Å². The van der Waals surface area contributed by atoms with Gasteiger partial charge in [-0.05, 0) is 25.0 Å². The van der Waals surface area contributed by atoms with Gasteiger partial charge in [-0.3, -0.25) is 4.98 Å². The van der Waals surface area contributed by atoms with E-state index in [1.54, 1.807) is 6.26 Å². The first-order chi connectivity index (χ1) is 8.11. The number of rotatable bonds is 2. The Hall–Kier alpha value is -1.04. The fraction of sp³-hybridized carbons (Fsp3) is 0.727. The second-order valence-corrected chi connectivity index (χ2v) is 5.42. The predicted octanol–water partition coefficient (Wildman–Crippen LogP) is 1.40. The maximum Gasteiger partial charge on any atom is 0.354 e. The predicted molar refractivity (Wildman–Crippen MR) is 67.6 cm³/mol. The molecule has 1 N–H and O–H groups in total. The Morgan fingerprint density at radius 1 is 1.41 bits per heavy atom. The highest BCUT2D eigenvalue weighted by molar-refractivity contribution is 7.98. The van der Waals surface area contributed by atoms with Gasteiger partial charge < -0.3 is 0 Å². The van der Waals surface area contributed by atoms with Crippen molar-refractivity contribution in [3.8, 4) is 0 Å². The number of hydrogen-bond acceptors (Lipinski definition) is 4. The molecule has 1 aliphatic carbocycles. The van der Waals surface area contributed by atoms with Crippen LogP contribution in [0.25, 0.3) is 0 Å². The van der Waals surface area contributed by atoms with Crippen LogP contribution in [0.15, 0.2) is 14.7 Å². The maximum atomic E-state index is 11.9. The third kappa shape index (κ3) is 2.62. The number of H-pyrrole nitrogens is 1. The van der Waals surface area contributed by atoms with Gasteiger partial charge in [0.2, 0.25) is 0 Å². The van der Waals surface area contributed by atoms with Crippen molar-refractivity contribution in [1.29, 1.82) is 0 Å². The largest absolute Gasteiger partial charge is 0.354 e. The molecule has 1 saturated carbocycles. The molecule has 0 aliphatic heterocycles. The second kappa shape index (κ2) is 5.08. The van der Waals surface area contributed by atoms with E-state index in [0.717, 1.165) is 19.3 Å². The lowest BCUT2D eigenvalue weighted by atomic mass is 9.87. The second-order valence-electron chi connectivity index (χ2n) is 4.63. The fourth-order valence-corrected chi connectivity index (χ4v) is 2.82. The summed E-state index contributed by atoms with van der Waals surface area (Å²) in [7, 11) is 0. The van der Waals surface area contributed by atoms with E-state index in [4.69, 9.17) is 0 Å². The molecule has 1 aliphatic rings. The Kier molecular flexibility index (Phi) is 3.71. The number of thioether (sulfide) groups is 1. The van der Waals surface area contributed by atoms with Crippen LogP contribution in [0.5, 0.6) is 0 Å². The van der Waals surface area contributed by atoms with Gasteiger partial charge in [0.05, 0.1) is 0 Å². The van der Waals surface area contributed by atoms with Gasteiger partial charge in [-0.1, -0.05) is 31.5 Å². The van der Waals surface area contributed by atoms with Gasteiger partial charge >= 0.3 is 11.4 Å². The summed E-state index contributed by atoms with van der Waals surface area (Å²) in [5.41, 5.74) is -0.745. The Morgan fingerprint density at radius 2 is 2.18 bits per heavy atom. The van der Waals surface area contributed by atoms with Crippen molar-refractivity contribution in [2.45, 2.75) is 43.8 Å². The summed E-state index contributed by atoms with van der Waals surface area (Å²) in [4.78, 5) is 30.2. The normalized spacial score (nSPS) is 24.8. The summed E-state index contributed by atoms with van der Waals surface area (Å²) in [5, 5.41) is 0.389. The van der Waals surface area contributed by atoms with Crippen LogP contribution in [0.4, 0.5) is 0 Å². The third-order valence-corrected chi connectivity index (χ3v) is 3.88. The minimum atomic E-state index is -0.419. The number of aromatic nitrogens is 3. The van der Waals surface area contributed by atoms with E-state index in [0.29, 0.717) is 11.1 Å². The number of hydrogen-bond donors (Lipinski definition) is 1. The van der Waals surface area contributed by atoms with Gasteiger partial charge in [0.1, 0.15) is 0 Å². The molecule has 0 amide bonds. The first kappa shape index (κ1) is 12.4. The molecule has 1 aromatic heterocycles. The van der Waals surface area contributed by atoms with E-state index in [2.05, 4.69) is 16.9 Å². The standard InChI is InChI=1S/C11H17N3O2S/c1-7-4-3-5-8(6-7)14-10(15)12-9(17-2)13-11(14)16/h7-8H,3-6H2,1-2H3,(H,12,13,15,16). The zero-order valence-corrected chi connectivity index (χ0v) is 10.9. The fourth-order valence-electron chi connectivity index (χ4n) is 2.46. The van der Waals surface area contributed by atoms with Crippen molar-refractivity contribution in [3.05, 3.63) is 21.0 Å². The molecule has 5 nitrogen and oxygen atoms in total. The molecule has 0 bridgehead atoms. The maximum absolute atomic E-state index is 11.9. The first-order valence-corrected chi connectivity index (χ1v) is 7.11. The summed E-state index contributed by atoms with van der Waals surface area (Å²) in [6.45, 7) is 2.16. The van der Waals surface area contributed by atoms with Crippen LogP contribution < -0.4 is 11.4 Å². The van der Waals surface area contributed by atoms with Crippen LogP contribution in [-0.2, 0) is 0 Å². The quantitative estimate of drug-likeness (QED) is 0.811. The first-order valence-electron chi connectivity index (χ1n) is 5.88. The molecule has 6 heteroatoms. The molecular weight excluding hydrogens is 238 g/mol. The zero-order valence-electron chi connectivity index (χ0n) is 10.1. The lowest BCUT2D eigenvalue weighted by Gasteiger charge is -2.27. The van der Waals surface area contributed by atoms with E-state index in [9.17, 15) is 9.59 Å². The minimum Gasteiger partial charge on any atom is -0.286 e. The van der Waals surface area contributed by atoms with Gasteiger partial charge in [0.25, 0.3) is 0 Å². The van der Waals surface area contributed by atoms with Crippen LogP contribution >= 0.6 is 11.8 Å². The highest BCUT2D eigenvalue weighted by Crippen LogP contribution is 2.30. The molecule has 17 heavy (non-hydrogen) atoms. The van der Waals surface area contributed by atoms with Crippen LogP contribution in [0.2, 0.25) is 0 Å². The van der Waals surface area contributed by atoms with Crippen molar-refractivity contribution in [3.63, 3.8) is 0 Å². The zero-order chi connectivity index (χ0) is 12.4. The summed E-state index contributed by atoms with van der Waals surface area (Å²) in [6.07, 6.45) is 5.82. The third-order valence-electron chi connectivity index (χ3n) is 3.30. The molecular formula is C11H17N3O2S. The molecule has 1 heterocycles. The molecule has 1 aromatic rings. The van der Waals surface area contributed by atoms with Crippen molar-refractivity contribution in [2.75, 3.05) is 6.26 Å². The Balaban J connectivity index is 2.38. The molecule has 2 atom stereocenters. The van der Waals surface area contributed by atoms with E-state index < -0.39 is 5.69 Å². The van der Waals surface area contributed by atoms with E-state index in [-0.39, 0.29) is 11.7 Å². The molecule has 0 saturated heterocycles. The van der Waals surface area contributed by atoms with Crippen molar-refractivity contribution in [2.24, 2.45) is 5.92 Å². The van der Waals surface area contributed by atoms with Crippen molar-refractivity contribution >= 4 is 11.8 Å². The molecule has 0 radical (unpaired) electrons. The van der Waals surface area contributed by atoms with Gasteiger partial charge in [0.15, 0.2) is 5.16 Å². The summed E-state index contributed by atoms with van der Waals surface area (Å²) >= 11 is 1.27. The van der Waals surface area contributed by atoms with Gasteiger partial charge in [-0.25, -0.2) is 14.2 Å². The number of nitrogens with one attached hydrogen (secondary N) is 1. The molecule has 0 spiro atoms. The smallest absolute Gasteiger partial charge is 0.286 e. The SMILES string of the molecule is CSc1nc(=O)n(C2CCCC(C)C2)c(=O)[nH]1. The lowest BCUT2D eigenvalue weighted by Crippen LogP contribution is -2.41. The molecule has 94 valence electrons. The van der Waals surface area contributed by atoms with Crippen LogP contribution in [-0.4, -0.2) is 20.8 Å². The van der Waals surface area contributed by atoms with Gasteiger partial charge in [0, 0.05) is 6.04 Å². The minimum absolute atomic E-state index is 0.0124. The number of nitrogens with zero attached hydrogens (tertiary/aromatic N) is 2. The summed E-state index contributed by atoms with van der Waals surface area (Å²) < 4.78 is 1.29. The molecule has 2 unspecified atom stereocenters. The van der Waals surface area contributed by atoms with Gasteiger partial charge in [-0.15, -0.1) is 0 Å². The molecule has 1 fully saturated rings. The highest BCUT2D eigenvalue weighted by atomic mass is 32.2. The Bertz CT molecular complexity index is 477.